The molecule has 16 heavy (non-hydrogen) atoms. The minimum absolute atomic E-state index is 0. The van der Waals surface area contributed by atoms with Gasteiger partial charge in [-0.3, -0.25) is 12.2 Å². The first-order valence-corrected chi connectivity index (χ1v) is 5.96. The molecular weight excluding hydrogens is 236 g/mol. The minimum Gasteiger partial charge on any atom is -0.273 e. The summed E-state index contributed by atoms with van der Waals surface area (Å²) < 4.78 is 0. The maximum atomic E-state index is 3.40. The molecule has 3 rings (SSSR count). The normalized spacial score (nSPS) is 21.6. The van der Waals surface area contributed by atoms with Gasteiger partial charge in [0.15, 0.2) is 0 Å². The number of hydrogen-bond acceptors (Lipinski definition) is 0. The van der Waals surface area contributed by atoms with E-state index in [1.165, 1.54) is 31.3 Å². The van der Waals surface area contributed by atoms with Crippen LogP contribution in [0.2, 0.25) is 0 Å². The summed E-state index contributed by atoms with van der Waals surface area (Å²) in [7, 11) is 0. The second kappa shape index (κ2) is 7.70. The van der Waals surface area contributed by atoms with Gasteiger partial charge in [-0.05, 0) is 18.8 Å². The molecule has 0 bridgehead atoms. The van der Waals surface area contributed by atoms with Gasteiger partial charge in [0.25, 0.3) is 0 Å². The second-order valence-corrected chi connectivity index (χ2v) is 4.22. The van der Waals surface area contributed by atoms with Crippen LogP contribution in [0.15, 0.2) is 36.0 Å². The standard InChI is InChI=1S/C10H13.C5H5.Fe/c1-2-6-9(5-1)10-7-3-4-8-10;1-2-4-5-3-1;/h1,5,10H,2-4,7-8H2;1-3H,4H2;/q2*-1;+2. The molecule has 0 radical (unpaired) electrons. The van der Waals surface area contributed by atoms with Crippen LogP contribution in [-0.2, 0) is 17.1 Å². The molecule has 0 unspecified atom stereocenters. The quantitative estimate of drug-likeness (QED) is 0.486. The zero-order chi connectivity index (χ0) is 10.3. The Morgan fingerprint density at radius 2 is 1.88 bits per heavy atom. The fraction of sp³-hybridized carbons (Fsp3) is 0.467. The molecule has 86 valence electrons. The Kier molecular flexibility index (Phi) is 6.52. The van der Waals surface area contributed by atoms with E-state index in [1.54, 1.807) is 0 Å². The number of allylic oxidation sites excluding steroid dienone is 8. The van der Waals surface area contributed by atoms with Gasteiger partial charge in [-0.15, -0.1) is 12.8 Å². The molecule has 0 N–H and O–H groups in total. The van der Waals surface area contributed by atoms with Gasteiger partial charge in [0.2, 0.25) is 0 Å². The Morgan fingerprint density at radius 3 is 2.31 bits per heavy atom. The van der Waals surface area contributed by atoms with Crippen molar-refractivity contribution in [1.29, 1.82) is 0 Å². The van der Waals surface area contributed by atoms with Crippen molar-refractivity contribution in [1.82, 2.24) is 0 Å². The van der Waals surface area contributed by atoms with Gasteiger partial charge in [0.05, 0.1) is 0 Å². The summed E-state index contributed by atoms with van der Waals surface area (Å²) in [5.41, 5.74) is 1.50. The van der Waals surface area contributed by atoms with E-state index in [4.69, 9.17) is 0 Å². The molecule has 0 amide bonds. The van der Waals surface area contributed by atoms with E-state index in [0.717, 1.165) is 18.8 Å². The molecule has 0 heterocycles. The molecule has 0 aliphatic heterocycles. The number of hydrogen-bond donors (Lipinski definition) is 0. The van der Waals surface area contributed by atoms with Crippen LogP contribution in [0.25, 0.3) is 0 Å². The van der Waals surface area contributed by atoms with E-state index in [2.05, 4.69) is 30.4 Å². The van der Waals surface area contributed by atoms with Crippen LogP contribution in [-0.4, -0.2) is 0 Å². The van der Waals surface area contributed by atoms with Crippen molar-refractivity contribution in [3.8, 4) is 0 Å². The van der Waals surface area contributed by atoms with Crippen molar-refractivity contribution in [3.63, 3.8) is 0 Å². The average Bonchev–Trinajstić information content (AvgIpc) is 3.06. The summed E-state index contributed by atoms with van der Waals surface area (Å²) in [6.45, 7) is 0. The smallest absolute Gasteiger partial charge is 0.273 e. The van der Waals surface area contributed by atoms with E-state index in [1.807, 2.05) is 12.2 Å². The van der Waals surface area contributed by atoms with E-state index < -0.39 is 0 Å². The number of rotatable bonds is 1. The first-order chi connectivity index (χ1) is 7.47. The summed E-state index contributed by atoms with van der Waals surface area (Å²) in [6, 6.07) is 0. The predicted molar refractivity (Wildman–Crippen MR) is 64.0 cm³/mol. The second-order valence-electron chi connectivity index (χ2n) is 4.22. The molecule has 3 aliphatic carbocycles. The topological polar surface area (TPSA) is 0 Å². The predicted octanol–water partition coefficient (Wildman–Crippen LogP) is 4.17. The monoisotopic (exact) mass is 254 g/mol. The van der Waals surface area contributed by atoms with Gasteiger partial charge in [0, 0.05) is 0 Å². The minimum atomic E-state index is 0. The van der Waals surface area contributed by atoms with Crippen molar-refractivity contribution in [3.05, 3.63) is 48.1 Å². The fourth-order valence-corrected chi connectivity index (χ4v) is 2.28. The van der Waals surface area contributed by atoms with Gasteiger partial charge in [-0.2, -0.15) is 12.2 Å². The van der Waals surface area contributed by atoms with Crippen molar-refractivity contribution in [2.75, 3.05) is 0 Å². The van der Waals surface area contributed by atoms with Gasteiger partial charge >= 0.3 is 17.1 Å². The SMILES string of the molecule is [C-]1=C(C2CCCC2)C=CC1.[C-]1=CC=CC1.[Fe+2]. The molecule has 0 nitrogen and oxygen atoms in total. The maximum absolute atomic E-state index is 3.40. The summed E-state index contributed by atoms with van der Waals surface area (Å²) in [5, 5.41) is 0. The van der Waals surface area contributed by atoms with Crippen molar-refractivity contribution >= 4 is 0 Å². The Bertz CT molecular complexity index is 291. The summed E-state index contributed by atoms with van der Waals surface area (Å²) in [6.07, 6.45) is 24.6. The van der Waals surface area contributed by atoms with E-state index in [9.17, 15) is 0 Å². The van der Waals surface area contributed by atoms with Crippen molar-refractivity contribution in [2.45, 2.75) is 38.5 Å². The third-order valence-electron chi connectivity index (χ3n) is 3.10. The Labute approximate surface area is 110 Å². The molecule has 0 spiro atoms. The molecule has 0 atom stereocenters. The molecule has 3 aliphatic rings. The van der Waals surface area contributed by atoms with Crippen molar-refractivity contribution < 1.29 is 17.1 Å². The third kappa shape index (κ3) is 4.15. The van der Waals surface area contributed by atoms with Crippen LogP contribution < -0.4 is 0 Å². The van der Waals surface area contributed by atoms with E-state index >= 15 is 0 Å². The Hall–Kier alpha value is -0.521. The van der Waals surface area contributed by atoms with Crippen LogP contribution in [0.5, 0.6) is 0 Å². The largest absolute Gasteiger partial charge is 2.00 e. The fourth-order valence-electron chi connectivity index (χ4n) is 2.28. The molecule has 0 aromatic heterocycles. The van der Waals surface area contributed by atoms with Crippen LogP contribution in [0.1, 0.15) is 38.5 Å². The van der Waals surface area contributed by atoms with Gasteiger partial charge < -0.3 is 0 Å². The van der Waals surface area contributed by atoms with Crippen LogP contribution in [0.3, 0.4) is 0 Å². The molecule has 0 aromatic rings. The van der Waals surface area contributed by atoms with Crippen LogP contribution in [0.4, 0.5) is 0 Å². The van der Waals surface area contributed by atoms with E-state index in [0.29, 0.717) is 0 Å². The summed E-state index contributed by atoms with van der Waals surface area (Å²) >= 11 is 0. The van der Waals surface area contributed by atoms with Gasteiger partial charge in [-0.1, -0.05) is 12.8 Å². The van der Waals surface area contributed by atoms with Crippen LogP contribution >= 0.6 is 0 Å². The third-order valence-corrected chi connectivity index (χ3v) is 3.10. The average molecular weight is 254 g/mol. The zero-order valence-corrected chi connectivity index (χ0v) is 10.7. The van der Waals surface area contributed by atoms with Gasteiger partial charge in [0.1, 0.15) is 0 Å². The first-order valence-electron chi connectivity index (χ1n) is 5.96. The van der Waals surface area contributed by atoms with E-state index in [-0.39, 0.29) is 17.1 Å². The summed E-state index contributed by atoms with van der Waals surface area (Å²) in [4.78, 5) is 0. The Balaban J connectivity index is 0.000000183. The molecule has 0 aromatic carbocycles. The molecular formula is C15H18Fe. The summed E-state index contributed by atoms with van der Waals surface area (Å²) in [5.74, 6) is 0.874. The maximum Gasteiger partial charge on any atom is 2.00 e. The van der Waals surface area contributed by atoms with Crippen LogP contribution in [0, 0.1) is 18.1 Å². The van der Waals surface area contributed by atoms with Gasteiger partial charge in [-0.25, -0.2) is 23.8 Å². The zero-order valence-electron chi connectivity index (χ0n) is 9.56. The molecule has 1 fully saturated rings. The Morgan fingerprint density at radius 1 is 1.06 bits per heavy atom. The first kappa shape index (κ1) is 13.5. The molecule has 0 saturated heterocycles. The molecule has 1 saturated carbocycles. The molecule has 1 heteroatoms. The van der Waals surface area contributed by atoms with Crippen molar-refractivity contribution in [2.24, 2.45) is 5.92 Å².